The second-order valence-corrected chi connectivity index (χ2v) is 8.38. The van der Waals surface area contributed by atoms with Gasteiger partial charge in [-0.05, 0) is 32.8 Å². The van der Waals surface area contributed by atoms with Crippen molar-refractivity contribution in [2.45, 2.75) is 52.6 Å². The molecule has 2 aromatic carbocycles. The highest BCUT2D eigenvalue weighted by Crippen LogP contribution is 2.53. The van der Waals surface area contributed by atoms with Gasteiger partial charge in [0.05, 0.1) is 12.3 Å². The van der Waals surface area contributed by atoms with E-state index in [1.54, 1.807) is 6.92 Å². The van der Waals surface area contributed by atoms with Crippen LogP contribution in [0.3, 0.4) is 0 Å². The lowest BCUT2D eigenvalue weighted by molar-refractivity contribution is -0.135. The van der Waals surface area contributed by atoms with Crippen LogP contribution in [0, 0.1) is 5.92 Å². The molecule has 1 N–H and O–H groups in total. The summed E-state index contributed by atoms with van der Waals surface area (Å²) in [6.45, 7) is 7.56. The van der Waals surface area contributed by atoms with Crippen molar-refractivity contribution < 1.29 is 24.2 Å². The molecule has 0 bridgehead atoms. The summed E-state index contributed by atoms with van der Waals surface area (Å²) in [7, 11) is 0. The third kappa shape index (κ3) is 3.28. The number of phenols is 1. The van der Waals surface area contributed by atoms with Gasteiger partial charge in [0, 0.05) is 17.0 Å². The number of phenolic OH excluding ortho intramolecular Hbond substituents is 1. The van der Waals surface area contributed by atoms with E-state index in [-0.39, 0.29) is 47.4 Å². The molecule has 4 rings (SSSR count). The van der Waals surface area contributed by atoms with Crippen molar-refractivity contribution in [3.05, 3.63) is 64.2 Å². The number of benzene rings is 2. The molecule has 0 saturated carbocycles. The van der Waals surface area contributed by atoms with E-state index in [4.69, 9.17) is 9.47 Å². The number of ketones is 1. The predicted octanol–water partition coefficient (Wildman–Crippen LogP) is 4.94. The predicted molar refractivity (Wildman–Crippen MR) is 113 cm³/mol. The Bertz CT molecular complexity index is 1050. The summed E-state index contributed by atoms with van der Waals surface area (Å²) in [5.41, 5.74) is 3.34. The molecule has 156 valence electrons. The first-order valence-corrected chi connectivity index (χ1v) is 10.3. The first-order chi connectivity index (χ1) is 14.3. The fraction of sp³-hybridized carbons (Fsp3) is 0.360. The van der Waals surface area contributed by atoms with Gasteiger partial charge in [-0.1, -0.05) is 48.9 Å². The number of Topliss-reactive ketones (excluding diaryl/α,β-unsaturated/α-hetero) is 1. The van der Waals surface area contributed by atoms with Crippen molar-refractivity contribution in [3.63, 3.8) is 0 Å². The highest BCUT2D eigenvalue weighted by molar-refractivity contribution is 6.05. The van der Waals surface area contributed by atoms with Gasteiger partial charge >= 0.3 is 5.97 Å². The zero-order valence-corrected chi connectivity index (χ0v) is 17.7. The lowest BCUT2D eigenvalue weighted by Gasteiger charge is -2.35. The van der Waals surface area contributed by atoms with Crippen molar-refractivity contribution in [2.24, 2.45) is 5.92 Å². The second kappa shape index (κ2) is 7.63. The summed E-state index contributed by atoms with van der Waals surface area (Å²) >= 11 is 0. The molecular weight excluding hydrogens is 380 g/mol. The van der Waals surface area contributed by atoms with E-state index in [0.29, 0.717) is 29.0 Å². The smallest absolute Gasteiger partial charge is 0.312 e. The summed E-state index contributed by atoms with van der Waals surface area (Å²) in [5.74, 6) is -0.672. The number of fused-ring (bicyclic) bond motifs is 3. The molecule has 5 nitrogen and oxygen atoms in total. The van der Waals surface area contributed by atoms with Gasteiger partial charge in [-0.15, -0.1) is 0 Å². The first kappa shape index (κ1) is 20.2. The molecule has 5 heteroatoms. The molecule has 3 atom stereocenters. The molecular formula is C25H26O5. The van der Waals surface area contributed by atoms with Gasteiger partial charge in [-0.2, -0.15) is 0 Å². The van der Waals surface area contributed by atoms with E-state index in [1.165, 1.54) is 0 Å². The first-order valence-electron chi connectivity index (χ1n) is 10.3. The monoisotopic (exact) mass is 406 g/mol. The molecule has 0 radical (unpaired) electrons. The SMILES string of the molecule is CC(C)=CCc1c(O)c2c(c3c1OC(=O)CC3c1ccccc1)OC(C)C(C)C2=O. The third-order valence-electron chi connectivity index (χ3n) is 6.03. The average molecular weight is 406 g/mol. The largest absolute Gasteiger partial charge is 0.507 e. The maximum absolute atomic E-state index is 13.2. The van der Waals surface area contributed by atoms with Crippen LogP contribution in [0.4, 0.5) is 0 Å². The van der Waals surface area contributed by atoms with Gasteiger partial charge in [0.15, 0.2) is 5.78 Å². The number of rotatable bonds is 3. The van der Waals surface area contributed by atoms with Crippen LogP contribution >= 0.6 is 0 Å². The zero-order valence-electron chi connectivity index (χ0n) is 17.7. The Kier molecular flexibility index (Phi) is 5.14. The van der Waals surface area contributed by atoms with E-state index in [1.807, 2.05) is 57.2 Å². The van der Waals surface area contributed by atoms with Crippen LogP contribution in [0.15, 0.2) is 42.0 Å². The van der Waals surface area contributed by atoms with E-state index < -0.39 is 0 Å². The molecule has 0 saturated heterocycles. The van der Waals surface area contributed by atoms with E-state index in [0.717, 1.165) is 11.1 Å². The number of esters is 1. The van der Waals surface area contributed by atoms with Crippen LogP contribution < -0.4 is 9.47 Å². The number of ether oxygens (including phenoxy) is 2. The Hall–Kier alpha value is -3.08. The summed E-state index contributed by atoms with van der Waals surface area (Å²) in [4.78, 5) is 25.7. The fourth-order valence-electron chi connectivity index (χ4n) is 4.17. The molecule has 2 aromatic rings. The Balaban J connectivity index is 2.04. The van der Waals surface area contributed by atoms with E-state index >= 15 is 0 Å². The average Bonchev–Trinajstić information content (AvgIpc) is 2.71. The maximum Gasteiger partial charge on any atom is 0.312 e. The fourth-order valence-corrected chi connectivity index (χ4v) is 4.17. The lowest BCUT2D eigenvalue weighted by atomic mass is 9.79. The zero-order chi connectivity index (χ0) is 21.6. The van der Waals surface area contributed by atoms with Crippen LogP contribution in [0.25, 0.3) is 0 Å². The molecule has 2 aliphatic rings. The Morgan fingerprint density at radius 2 is 1.83 bits per heavy atom. The minimum atomic E-state index is -0.376. The van der Waals surface area contributed by atoms with Crippen molar-refractivity contribution >= 4 is 11.8 Å². The number of hydrogen-bond donors (Lipinski definition) is 1. The molecule has 0 spiro atoms. The van der Waals surface area contributed by atoms with E-state index in [2.05, 4.69) is 0 Å². The molecule has 0 aliphatic carbocycles. The molecule has 3 unspecified atom stereocenters. The van der Waals surface area contributed by atoms with Gasteiger partial charge in [0.2, 0.25) is 0 Å². The van der Waals surface area contributed by atoms with Crippen LogP contribution in [-0.4, -0.2) is 23.0 Å². The lowest BCUT2D eigenvalue weighted by Crippen LogP contribution is -2.35. The Morgan fingerprint density at radius 1 is 1.13 bits per heavy atom. The molecule has 0 aromatic heterocycles. The normalized spacial score (nSPS) is 22.5. The van der Waals surface area contributed by atoms with Gasteiger partial charge in [-0.25, -0.2) is 0 Å². The molecule has 0 fully saturated rings. The minimum absolute atomic E-state index is 0.147. The van der Waals surface area contributed by atoms with E-state index in [9.17, 15) is 14.7 Å². The van der Waals surface area contributed by atoms with Crippen molar-refractivity contribution in [2.75, 3.05) is 0 Å². The maximum atomic E-state index is 13.2. The van der Waals surface area contributed by atoms with Crippen LogP contribution in [0.1, 0.15) is 67.1 Å². The van der Waals surface area contributed by atoms with Crippen molar-refractivity contribution in [3.8, 4) is 17.2 Å². The topological polar surface area (TPSA) is 72.8 Å². The van der Waals surface area contributed by atoms with Crippen LogP contribution in [0.2, 0.25) is 0 Å². The van der Waals surface area contributed by atoms with Gasteiger partial charge < -0.3 is 14.6 Å². The number of hydrogen-bond acceptors (Lipinski definition) is 5. The van der Waals surface area contributed by atoms with Gasteiger partial charge in [0.25, 0.3) is 0 Å². The number of carbonyl (C=O) groups is 2. The highest BCUT2D eigenvalue weighted by atomic mass is 16.5. The second-order valence-electron chi connectivity index (χ2n) is 8.38. The van der Waals surface area contributed by atoms with Gasteiger partial charge in [0.1, 0.15) is 28.9 Å². The minimum Gasteiger partial charge on any atom is -0.507 e. The van der Waals surface area contributed by atoms with Crippen molar-refractivity contribution in [1.82, 2.24) is 0 Å². The third-order valence-corrected chi connectivity index (χ3v) is 6.03. The summed E-state index contributed by atoms with van der Waals surface area (Å²) in [5, 5.41) is 11.1. The molecule has 0 amide bonds. The molecule has 2 aliphatic heterocycles. The number of carbonyl (C=O) groups excluding carboxylic acids is 2. The standard InChI is InChI=1S/C25H26O5/c1-13(2)10-11-17-23(28)21-22(27)14(3)15(4)29-25(21)20-18(12-19(26)30-24(17)20)16-8-6-5-7-9-16/h5-10,14-15,18,28H,11-12H2,1-4H3. The van der Waals surface area contributed by atoms with Crippen LogP contribution in [-0.2, 0) is 11.2 Å². The summed E-state index contributed by atoms with van der Waals surface area (Å²) in [6.07, 6.45) is 2.11. The molecule has 2 heterocycles. The highest BCUT2D eigenvalue weighted by Gasteiger charge is 2.43. The Morgan fingerprint density at radius 3 is 2.50 bits per heavy atom. The Labute approximate surface area is 176 Å². The number of aromatic hydroxyl groups is 1. The quantitative estimate of drug-likeness (QED) is 0.444. The van der Waals surface area contributed by atoms with Crippen LogP contribution in [0.5, 0.6) is 17.2 Å². The number of allylic oxidation sites excluding steroid dienone is 2. The van der Waals surface area contributed by atoms with Gasteiger partial charge in [-0.3, -0.25) is 9.59 Å². The van der Waals surface area contributed by atoms with Crippen molar-refractivity contribution in [1.29, 1.82) is 0 Å². The summed E-state index contributed by atoms with van der Waals surface area (Å²) < 4.78 is 11.8. The summed E-state index contributed by atoms with van der Waals surface area (Å²) in [6, 6.07) is 9.67. The molecule has 30 heavy (non-hydrogen) atoms.